The van der Waals surface area contributed by atoms with Gasteiger partial charge in [0.15, 0.2) is 0 Å². The zero-order chi connectivity index (χ0) is 21.7. The van der Waals surface area contributed by atoms with Crippen molar-refractivity contribution in [1.82, 2.24) is 0 Å². The summed E-state index contributed by atoms with van der Waals surface area (Å²) in [6.45, 7) is 11.0. The van der Waals surface area contributed by atoms with Crippen LogP contribution in [0, 0.1) is 11.8 Å². The summed E-state index contributed by atoms with van der Waals surface area (Å²) in [6.07, 6.45) is 22.1. The second-order valence-electron chi connectivity index (χ2n) is 9.11. The Kier molecular flexibility index (Phi) is 19.6. The number of allylic oxidation sites excluding steroid dienone is 2. The molecule has 0 radical (unpaired) electrons. The Balaban J connectivity index is 3.39. The van der Waals surface area contributed by atoms with E-state index in [1.165, 1.54) is 77.0 Å². The summed E-state index contributed by atoms with van der Waals surface area (Å²) in [5.41, 5.74) is 0. The molecule has 0 N–H and O–H groups in total. The van der Waals surface area contributed by atoms with Gasteiger partial charge < -0.3 is 9.47 Å². The van der Waals surface area contributed by atoms with Gasteiger partial charge in [-0.05, 0) is 43.9 Å². The van der Waals surface area contributed by atoms with Crippen LogP contribution in [0.15, 0.2) is 12.2 Å². The van der Waals surface area contributed by atoms with Crippen LogP contribution in [-0.2, 0) is 9.47 Å². The molecule has 0 aromatic rings. The zero-order valence-electron chi connectivity index (χ0n) is 20.2. The number of hydrogen-bond donors (Lipinski definition) is 0. The highest BCUT2D eigenvalue weighted by molar-refractivity contribution is 5.60. The number of ether oxygens (including phenoxy) is 2. The fourth-order valence-corrected chi connectivity index (χ4v) is 3.69. The van der Waals surface area contributed by atoms with Crippen LogP contribution in [0.3, 0.4) is 0 Å². The Morgan fingerprint density at radius 1 is 0.690 bits per heavy atom. The number of rotatable bonds is 19. The maximum Gasteiger partial charge on any atom is 0.508 e. The molecule has 0 saturated carbocycles. The predicted octanol–water partition coefficient (Wildman–Crippen LogP) is 8.86. The van der Waals surface area contributed by atoms with Gasteiger partial charge >= 0.3 is 6.16 Å². The van der Waals surface area contributed by atoms with Crippen LogP contribution in [0.1, 0.15) is 125 Å². The summed E-state index contributed by atoms with van der Waals surface area (Å²) in [6, 6.07) is 0. The van der Waals surface area contributed by atoms with E-state index in [9.17, 15) is 4.79 Å². The lowest BCUT2D eigenvalue weighted by atomic mass is 9.96. The zero-order valence-corrected chi connectivity index (χ0v) is 20.2. The molecule has 0 aliphatic rings. The molecule has 0 saturated heterocycles. The van der Waals surface area contributed by atoms with E-state index in [0.717, 1.165) is 12.8 Å². The molecule has 0 bridgehead atoms. The molecule has 3 heteroatoms. The van der Waals surface area contributed by atoms with Crippen molar-refractivity contribution in [2.45, 2.75) is 131 Å². The molecule has 0 aliphatic heterocycles. The number of carbonyl (C=O) groups is 1. The molecule has 0 amide bonds. The van der Waals surface area contributed by atoms with Crippen LogP contribution in [0.4, 0.5) is 4.79 Å². The molecule has 0 aromatic carbocycles. The van der Waals surface area contributed by atoms with E-state index in [1.807, 2.05) is 0 Å². The molecule has 0 unspecified atom stereocenters. The molecule has 29 heavy (non-hydrogen) atoms. The fraction of sp³-hybridized carbons (Fsp3) is 0.885. The molecule has 0 aliphatic carbocycles. The van der Waals surface area contributed by atoms with Gasteiger partial charge in [0.2, 0.25) is 0 Å². The molecular weight excluding hydrogens is 360 g/mol. The van der Waals surface area contributed by atoms with Gasteiger partial charge in [-0.3, -0.25) is 0 Å². The Labute approximate surface area is 182 Å². The molecule has 0 heterocycles. The highest BCUT2D eigenvalue weighted by Crippen LogP contribution is 2.17. The molecule has 0 fully saturated rings. The summed E-state index contributed by atoms with van der Waals surface area (Å²) < 4.78 is 10.7. The predicted molar refractivity (Wildman–Crippen MR) is 125 cm³/mol. The largest absolute Gasteiger partial charge is 0.508 e. The quantitative estimate of drug-likeness (QED) is 0.121. The average molecular weight is 411 g/mol. The summed E-state index contributed by atoms with van der Waals surface area (Å²) >= 11 is 0. The first kappa shape index (κ1) is 28.0. The minimum atomic E-state index is -0.509. The minimum absolute atomic E-state index is 0.0673. The number of unbranched alkanes of at least 4 members (excludes halogenated alkanes) is 12. The van der Waals surface area contributed by atoms with E-state index in [2.05, 4.69) is 46.8 Å². The molecule has 0 spiro atoms. The SMILES string of the molecule is CCCCCCCC/C=C/CCCCCCCCOC(=O)OC(C(C)C)C(C)C. The van der Waals surface area contributed by atoms with E-state index < -0.39 is 6.16 Å². The Morgan fingerprint density at radius 2 is 1.14 bits per heavy atom. The lowest BCUT2D eigenvalue weighted by molar-refractivity contribution is -0.0110. The van der Waals surface area contributed by atoms with E-state index in [1.54, 1.807) is 0 Å². The van der Waals surface area contributed by atoms with Gasteiger partial charge in [0.1, 0.15) is 6.10 Å². The average Bonchev–Trinajstić information content (AvgIpc) is 2.68. The van der Waals surface area contributed by atoms with Crippen molar-refractivity contribution in [2.24, 2.45) is 11.8 Å². The topological polar surface area (TPSA) is 35.5 Å². The lowest BCUT2D eigenvalue weighted by Gasteiger charge is -2.24. The van der Waals surface area contributed by atoms with Crippen LogP contribution >= 0.6 is 0 Å². The second-order valence-corrected chi connectivity index (χ2v) is 9.11. The van der Waals surface area contributed by atoms with Gasteiger partial charge in [-0.1, -0.05) is 105 Å². The fourth-order valence-electron chi connectivity index (χ4n) is 3.69. The summed E-state index contributed by atoms with van der Waals surface area (Å²) in [5, 5.41) is 0. The van der Waals surface area contributed by atoms with Crippen molar-refractivity contribution in [3.8, 4) is 0 Å². The van der Waals surface area contributed by atoms with E-state index in [-0.39, 0.29) is 6.10 Å². The Morgan fingerprint density at radius 3 is 1.62 bits per heavy atom. The summed E-state index contributed by atoms with van der Waals surface area (Å²) in [7, 11) is 0. The van der Waals surface area contributed by atoms with Gasteiger partial charge in [-0.25, -0.2) is 4.79 Å². The van der Waals surface area contributed by atoms with Gasteiger partial charge in [0.05, 0.1) is 6.61 Å². The minimum Gasteiger partial charge on any atom is -0.434 e. The van der Waals surface area contributed by atoms with Crippen molar-refractivity contribution in [3.63, 3.8) is 0 Å². The summed E-state index contributed by atoms with van der Waals surface area (Å²) in [5.74, 6) is 0.626. The summed E-state index contributed by atoms with van der Waals surface area (Å²) in [4.78, 5) is 11.8. The normalized spacial score (nSPS) is 11.9. The molecule has 3 nitrogen and oxygen atoms in total. The first-order valence-electron chi connectivity index (χ1n) is 12.5. The lowest BCUT2D eigenvalue weighted by Crippen LogP contribution is -2.29. The first-order valence-corrected chi connectivity index (χ1v) is 12.5. The highest BCUT2D eigenvalue weighted by atomic mass is 16.7. The standard InChI is InChI=1S/C26H50O3/c1-6-7-8-9-10-11-12-13-14-15-16-17-18-19-20-21-22-28-26(27)29-25(23(2)3)24(4)5/h13-14,23-25H,6-12,15-22H2,1-5H3/b14-13+. The van der Waals surface area contributed by atoms with Crippen molar-refractivity contribution >= 4 is 6.16 Å². The maximum absolute atomic E-state index is 11.8. The number of hydrogen-bond acceptors (Lipinski definition) is 3. The van der Waals surface area contributed by atoms with Crippen LogP contribution in [-0.4, -0.2) is 18.9 Å². The molecule has 0 aromatic heterocycles. The third kappa shape index (κ3) is 18.8. The molecule has 172 valence electrons. The van der Waals surface area contributed by atoms with Gasteiger partial charge in [-0.2, -0.15) is 0 Å². The number of carbonyl (C=O) groups excluding carboxylic acids is 1. The van der Waals surface area contributed by atoms with E-state index >= 15 is 0 Å². The van der Waals surface area contributed by atoms with Crippen molar-refractivity contribution in [2.75, 3.05) is 6.61 Å². The maximum atomic E-state index is 11.8. The molecular formula is C26H50O3. The molecule has 0 atom stereocenters. The van der Waals surface area contributed by atoms with Crippen LogP contribution in [0.2, 0.25) is 0 Å². The van der Waals surface area contributed by atoms with Crippen LogP contribution < -0.4 is 0 Å². The monoisotopic (exact) mass is 410 g/mol. The van der Waals surface area contributed by atoms with Crippen LogP contribution in [0.25, 0.3) is 0 Å². The first-order chi connectivity index (χ1) is 14.0. The van der Waals surface area contributed by atoms with E-state index in [0.29, 0.717) is 18.4 Å². The van der Waals surface area contributed by atoms with Crippen molar-refractivity contribution in [1.29, 1.82) is 0 Å². The highest BCUT2D eigenvalue weighted by Gasteiger charge is 2.22. The third-order valence-corrected chi connectivity index (χ3v) is 5.42. The smallest absolute Gasteiger partial charge is 0.434 e. The van der Waals surface area contributed by atoms with Gasteiger partial charge in [-0.15, -0.1) is 0 Å². The van der Waals surface area contributed by atoms with Gasteiger partial charge in [0.25, 0.3) is 0 Å². The Hall–Kier alpha value is -0.990. The van der Waals surface area contributed by atoms with Crippen LogP contribution in [0.5, 0.6) is 0 Å². The molecule has 0 rings (SSSR count). The van der Waals surface area contributed by atoms with Crippen molar-refractivity contribution in [3.05, 3.63) is 12.2 Å². The van der Waals surface area contributed by atoms with Crippen molar-refractivity contribution < 1.29 is 14.3 Å². The third-order valence-electron chi connectivity index (χ3n) is 5.42. The second kappa shape index (κ2) is 20.3. The Bertz CT molecular complexity index is 379. The van der Waals surface area contributed by atoms with E-state index in [4.69, 9.17) is 9.47 Å². The van der Waals surface area contributed by atoms with Gasteiger partial charge in [0, 0.05) is 0 Å².